The average molecular weight is 592 g/mol. The number of hydrogen-bond acceptors (Lipinski definition) is 3. The largest absolute Gasteiger partial charge is 0.305 e. The van der Waals surface area contributed by atoms with Crippen LogP contribution in [0.1, 0.15) is 5.56 Å². The predicted molar refractivity (Wildman–Crippen MR) is 125 cm³/mol. The third kappa shape index (κ3) is 6.27. The molecule has 0 bridgehead atoms. The molecule has 1 radical (unpaired) electrons. The summed E-state index contributed by atoms with van der Waals surface area (Å²) >= 11 is 0. The van der Waals surface area contributed by atoms with E-state index >= 15 is 0 Å². The molecule has 0 N–H and O–H groups in total. The van der Waals surface area contributed by atoms with Gasteiger partial charge in [0.2, 0.25) is 0 Å². The molecule has 159 valence electrons. The van der Waals surface area contributed by atoms with Crippen molar-refractivity contribution in [3.8, 4) is 33.8 Å². The Bertz CT molecular complexity index is 1170. The maximum Gasteiger partial charge on any atom is 0.0748 e. The van der Waals surface area contributed by atoms with Crippen LogP contribution < -0.4 is 0 Å². The zero-order valence-corrected chi connectivity index (χ0v) is 20.0. The first kappa shape index (κ1) is 23.2. The molecule has 32 heavy (non-hydrogen) atoms. The molecular formula is C28H21IrN3-2. The van der Waals surface area contributed by atoms with Crippen molar-refractivity contribution in [1.82, 2.24) is 15.0 Å². The molecule has 0 amide bonds. The van der Waals surface area contributed by atoms with E-state index in [2.05, 4.69) is 45.3 Å². The summed E-state index contributed by atoms with van der Waals surface area (Å²) in [5.41, 5.74) is 6.32. The van der Waals surface area contributed by atoms with Gasteiger partial charge in [0.1, 0.15) is 0 Å². The van der Waals surface area contributed by atoms with Gasteiger partial charge in [-0.3, -0.25) is 9.97 Å². The van der Waals surface area contributed by atoms with Crippen LogP contribution in [0.2, 0.25) is 0 Å². The van der Waals surface area contributed by atoms with Gasteiger partial charge in [-0.05, 0) is 29.8 Å². The van der Waals surface area contributed by atoms with Crippen LogP contribution >= 0.6 is 0 Å². The maximum atomic E-state index is 4.34. The second kappa shape index (κ2) is 11.8. The van der Waals surface area contributed by atoms with Gasteiger partial charge in [-0.25, -0.2) is 0 Å². The maximum absolute atomic E-state index is 4.34. The van der Waals surface area contributed by atoms with Crippen molar-refractivity contribution >= 4 is 0 Å². The monoisotopic (exact) mass is 592 g/mol. The summed E-state index contributed by atoms with van der Waals surface area (Å²) in [4.78, 5) is 12.9. The van der Waals surface area contributed by atoms with E-state index in [1.165, 1.54) is 5.56 Å². The fourth-order valence-electron chi connectivity index (χ4n) is 3.01. The molecule has 0 saturated heterocycles. The van der Waals surface area contributed by atoms with Crippen molar-refractivity contribution in [1.29, 1.82) is 0 Å². The van der Waals surface area contributed by atoms with Crippen LogP contribution in [-0.4, -0.2) is 15.0 Å². The molecule has 5 rings (SSSR count). The van der Waals surface area contributed by atoms with Gasteiger partial charge in [0.25, 0.3) is 0 Å². The molecule has 0 aliphatic carbocycles. The number of benzene rings is 3. The van der Waals surface area contributed by atoms with E-state index in [0.717, 1.165) is 27.9 Å². The Balaban J connectivity index is 0.000000193. The minimum atomic E-state index is 0. The first-order valence-electron chi connectivity index (χ1n) is 10.0. The predicted octanol–water partition coefficient (Wildman–Crippen LogP) is 6.47. The summed E-state index contributed by atoms with van der Waals surface area (Å²) in [5, 5.41) is 0. The van der Waals surface area contributed by atoms with Crippen molar-refractivity contribution < 1.29 is 20.1 Å². The Morgan fingerprint density at radius 3 is 2.03 bits per heavy atom. The van der Waals surface area contributed by atoms with E-state index in [4.69, 9.17) is 0 Å². The van der Waals surface area contributed by atoms with E-state index in [1.807, 2.05) is 92.1 Å². The van der Waals surface area contributed by atoms with Crippen LogP contribution in [0.4, 0.5) is 0 Å². The zero-order chi connectivity index (χ0) is 21.3. The molecule has 0 unspecified atom stereocenters. The van der Waals surface area contributed by atoms with Crippen molar-refractivity contribution in [2.24, 2.45) is 0 Å². The molecule has 3 nitrogen and oxygen atoms in total. The van der Waals surface area contributed by atoms with E-state index in [9.17, 15) is 0 Å². The minimum Gasteiger partial charge on any atom is -0.305 e. The number of pyridine rings is 1. The zero-order valence-electron chi connectivity index (χ0n) is 17.6. The molecule has 0 aliphatic rings. The summed E-state index contributed by atoms with van der Waals surface area (Å²) < 4.78 is 0. The average Bonchev–Trinajstić information content (AvgIpc) is 2.87. The Morgan fingerprint density at radius 1 is 0.625 bits per heavy atom. The molecule has 0 saturated carbocycles. The number of rotatable bonds is 3. The smallest absolute Gasteiger partial charge is 0.0748 e. The molecule has 2 aromatic heterocycles. The Morgan fingerprint density at radius 2 is 1.34 bits per heavy atom. The molecule has 3 aromatic carbocycles. The van der Waals surface area contributed by atoms with Gasteiger partial charge in [-0.1, -0.05) is 42.5 Å². The summed E-state index contributed by atoms with van der Waals surface area (Å²) in [6, 6.07) is 36.3. The quantitative estimate of drug-likeness (QED) is 0.226. The van der Waals surface area contributed by atoms with Crippen molar-refractivity contribution in [3.05, 3.63) is 127 Å². The molecule has 4 heteroatoms. The Hall–Kier alpha value is -3.46. The third-order valence-electron chi connectivity index (χ3n) is 4.58. The number of aryl methyl sites for hydroxylation is 1. The summed E-state index contributed by atoms with van der Waals surface area (Å²) in [7, 11) is 0. The van der Waals surface area contributed by atoms with Gasteiger partial charge in [-0.15, -0.1) is 71.3 Å². The van der Waals surface area contributed by atoms with E-state index in [-0.39, 0.29) is 20.1 Å². The van der Waals surface area contributed by atoms with Crippen LogP contribution in [0.25, 0.3) is 33.8 Å². The summed E-state index contributed by atoms with van der Waals surface area (Å²) in [5.74, 6) is 0.711. The van der Waals surface area contributed by atoms with Gasteiger partial charge in [0, 0.05) is 38.7 Å². The summed E-state index contributed by atoms with van der Waals surface area (Å²) in [6.45, 7) is 1.98. The van der Waals surface area contributed by atoms with Crippen molar-refractivity contribution in [2.45, 2.75) is 6.92 Å². The number of hydrogen-bond donors (Lipinski definition) is 0. The Kier molecular flexibility index (Phi) is 8.56. The summed E-state index contributed by atoms with van der Waals surface area (Å²) in [6.07, 6.45) is 5.44. The van der Waals surface area contributed by atoms with E-state index in [1.54, 1.807) is 6.20 Å². The van der Waals surface area contributed by atoms with E-state index in [0.29, 0.717) is 5.82 Å². The van der Waals surface area contributed by atoms with Gasteiger partial charge in [0.15, 0.2) is 0 Å². The first-order valence-corrected chi connectivity index (χ1v) is 10.0. The SMILES string of the molecule is Cc1cnc(-c2[c-]ccc(-c3ccccc3)c2)nc1.[Ir].[c-]1ccccc1-c1ccccn1. The first-order chi connectivity index (χ1) is 15.3. The standard InChI is InChI=1S/C17H13N2.C11H8N.Ir/c1-13-11-18-17(19-12-13)16-9-5-8-15(10-16)14-6-3-2-4-7-14;1-2-6-10(7-3-1)11-8-4-5-9-12-11;/h2-8,10-12H,1H3;1-6,8-9H;/q2*-1;. The normalized spacial score (nSPS) is 9.78. The van der Waals surface area contributed by atoms with Crippen LogP contribution in [0.5, 0.6) is 0 Å². The molecule has 0 spiro atoms. The number of nitrogens with zero attached hydrogens (tertiary/aromatic N) is 3. The molecule has 5 aromatic rings. The fraction of sp³-hybridized carbons (Fsp3) is 0.0357. The van der Waals surface area contributed by atoms with E-state index < -0.39 is 0 Å². The van der Waals surface area contributed by atoms with Gasteiger partial charge < -0.3 is 4.98 Å². The Labute approximate surface area is 202 Å². The van der Waals surface area contributed by atoms with Crippen LogP contribution in [0.3, 0.4) is 0 Å². The second-order valence-electron chi connectivity index (χ2n) is 6.93. The van der Waals surface area contributed by atoms with Crippen molar-refractivity contribution in [3.63, 3.8) is 0 Å². The molecule has 0 atom stereocenters. The molecular weight excluding hydrogens is 571 g/mol. The third-order valence-corrected chi connectivity index (χ3v) is 4.58. The minimum absolute atomic E-state index is 0. The number of aromatic nitrogens is 3. The molecule has 2 heterocycles. The molecule has 0 aliphatic heterocycles. The van der Waals surface area contributed by atoms with Crippen LogP contribution in [0, 0.1) is 19.1 Å². The van der Waals surface area contributed by atoms with Gasteiger partial charge in [-0.2, -0.15) is 0 Å². The van der Waals surface area contributed by atoms with Crippen molar-refractivity contribution in [2.75, 3.05) is 0 Å². The van der Waals surface area contributed by atoms with Crippen LogP contribution in [-0.2, 0) is 20.1 Å². The van der Waals surface area contributed by atoms with Crippen LogP contribution in [0.15, 0.2) is 110 Å². The second-order valence-corrected chi connectivity index (χ2v) is 6.93. The fourth-order valence-corrected chi connectivity index (χ4v) is 3.01. The van der Waals surface area contributed by atoms with Gasteiger partial charge >= 0.3 is 0 Å². The van der Waals surface area contributed by atoms with Gasteiger partial charge in [0.05, 0.1) is 5.82 Å². The molecule has 0 fully saturated rings. The topological polar surface area (TPSA) is 38.7 Å².